The van der Waals surface area contributed by atoms with Crippen LogP contribution < -0.4 is 5.32 Å². The molecule has 2 nitrogen and oxygen atoms in total. The molecule has 1 aliphatic carbocycles. The summed E-state index contributed by atoms with van der Waals surface area (Å²) in [6.45, 7) is 0. The fourth-order valence-corrected chi connectivity index (χ4v) is 2.99. The summed E-state index contributed by atoms with van der Waals surface area (Å²) in [5.41, 5.74) is -0.0839. The van der Waals surface area contributed by atoms with Gasteiger partial charge >= 0.3 is 0 Å². The fraction of sp³-hybridized carbons (Fsp3) is 0.462. The van der Waals surface area contributed by atoms with E-state index in [0.717, 1.165) is 19.3 Å². The Labute approximate surface area is 115 Å². The van der Waals surface area contributed by atoms with E-state index in [9.17, 15) is 9.18 Å². The summed E-state index contributed by atoms with van der Waals surface area (Å²) < 4.78 is 13.6. The van der Waals surface area contributed by atoms with Crippen molar-refractivity contribution in [2.75, 3.05) is 5.88 Å². The molecule has 1 aromatic rings. The summed E-state index contributed by atoms with van der Waals surface area (Å²) in [5.74, 6) is -0.280. The minimum absolute atomic E-state index is 0.0191. The van der Waals surface area contributed by atoms with Gasteiger partial charge in [0.05, 0.1) is 10.6 Å². The number of nitrogens with one attached hydrogen (secondary N) is 1. The number of hydrogen-bond donors (Lipinski definition) is 1. The summed E-state index contributed by atoms with van der Waals surface area (Å²) >= 11 is 11.7. The number of carbonyl (C=O) groups excluding carboxylic acids is 1. The zero-order valence-electron chi connectivity index (χ0n) is 9.76. The van der Waals surface area contributed by atoms with Crippen LogP contribution in [0.25, 0.3) is 0 Å². The molecule has 1 N–H and O–H groups in total. The highest BCUT2D eigenvalue weighted by Crippen LogP contribution is 2.27. The first-order chi connectivity index (χ1) is 8.63. The van der Waals surface area contributed by atoms with Crippen LogP contribution in [0.15, 0.2) is 18.2 Å². The molecular weight excluding hydrogens is 276 g/mol. The standard InChI is InChI=1S/C13H14Cl2FNO/c14-7-8-3-1-6-11(8)17-13(18)12-9(15)4-2-5-10(12)16/h2,4-5,8,11H,1,3,6-7H2,(H,17,18). The number of hydrogen-bond acceptors (Lipinski definition) is 1. The molecule has 0 heterocycles. The molecule has 2 atom stereocenters. The van der Waals surface area contributed by atoms with Crippen LogP contribution in [0.4, 0.5) is 4.39 Å². The number of alkyl halides is 1. The molecule has 18 heavy (non-hydrogen) atoms. The van der Waals surface area contributed by atoms with E-state index >= 15 is 0 Å². The molecule has 1 amide bonds. The number of amides is 1. The van der Waals surface area contributed by atoms with Crippen LogP contribution in [0, 0.1) is 11.7 Å². The van der Waals surface area contributed by atoms with Gasteiger partial charge in [-0.25, -0.2) is 4.39 Å². The van der Waals surface area contributed by atoms with Crippen LogP contribution >= 0.6 is 23.2 Å². The SMILES string of the molecule is O=C(NC1CCCC1CCl)c1c(F)cccc1Cl. The van der Waals surface area contributed by atoms with Gasteiger partial charge in [-0.2, -0.15) is 0 Å². The monoisotopic (exact) mass is 289 g/mol. The van der Waals surface area contributed by atoms with Crippen molar-refractivity contribution in [3.05, 3.63) is 34.6 Å². The van der Waals surface area contributed by atoms with Gasteiger partial charge in [-0.15, -0.1) is 11.6 Å². The zero-order chi connectivity index (χ0) is 13.1. The van der Waals surface area contributed by atoms with Crippen LogP contribution in [0.3, 0.4) is 0 Å². The molecule has 1 aliphatic rings. The lowest BCUT2D eigenvalue weighted by molar-refractivity contribution is 0.0926. The first kappa shape index (κ1) is 13.6. The molecule has 0 spiro atoms. The van der Waals surface area contributed by atoms with Crippen molar-refractivity contribution in [1.82, 2.24) is 5.32 Å². The molecule has 5 heteroatoms. The van der Waals surface area contributed by atoms with E-state index in [1.807, 2.05) is 0 Å². The summed E-state index contributed by atoms with van der Waals surface area (Å²) in [6, 6.07) is 4.23. The molecule has 2 unspecified atom stereocenters. The summed E-state index contributed by atoms with van der Waals surface area (Å²) in [5, 5.41) is 2.96. The van der Waals surface area contributed by atoms with Gasteiger partial charge in [0.25, 0.3) is 5.91 Å². The van der Waals surface area contributed by atoms with Crippen LogP contribution in [-0.4, -0.2) is 17.8 Å². The molecule has 1 aromatic carbocycles. The predicted molar refractivity (Wildman–Crippen MR) is 70.7 cm³/mol. The number of rotatable bonds is 3. The van der Waals surface area contributed by atoms with Crippen molar-refractivity contribution < 1.29 is 9.18 Å². The first-order valence-corrected chi connectivity index (χ1v) is 6.85. The maximum atomic E-state index is 13.6. The van der Waals surface area contributed by atoms with E-state index in [4.69, 9.17) is 23.2 Å². The predicted octanol–water partition coefficient (Wildman–Crippen LogP) is 3.62. The van der Waals surface area contributed by atoms with Crippen LogP contribution in [0.1, 0.15) is 29.6 Å². The zero-order valence-corrected chi connectivity index (χ0v) is 11.3. The second-order valence-corrected chi connectivity index (χ2v) is 5.24. The van der Waals surface area contributed by atoms with Crippen molar-refractivity contribution in [1.29, 1.82) is 0 Å². The van der Waals surface area contributed by atoms with Gasteiger partial charge in [0, 0.05) is 11.9 Å². The van der Waals surface area contributed by atoms with E-state index in [1.165, 1.54) is 18.2 Å². The summed E-state index contributed by atoms with van der Waals surface area (Å²) in [7, 11) is 0. The van der Waals surface area contributed by atoms with Gasteiger partial charge in [-0.1, -0.05) is 24.1 Å². The van der Waals surface area contributed by atoms with Gasteiger partial charge in [-0.3, -0.25) is 4.79 Å². The molecule has 0 saturated heterocycles. The quantitative estimate of drug-likeness (QED) is 0.846. The van der Waals surface area contributed by atoms with Gasteiger partial charge in [0.1, 0.15) is 5.82 Å². The molecule has 0 aliphatic heterocycles. The van der Waals surface area contributed by atoms with Crippen molar-refractivity contribution in [3.63, 3.8) is 0 Å². The smallest absolute Gasteiger partial charge is 0.256 e. The molecule has 1 saturated carbocycles. The molecular formula is C13H14Cl2FNO. The Kier molecular flexibility index (Phi) is 4.46. The fourth-order valence-electron chi connectivity index (χ4n) is 2.37. The molecule has 98 valence electrons. The number of carbonyl (C=O) groups is 1. The number of benzene rings is 1. The largest absolute Gasteiger partial charge is 0.349 e. The second-order valence-electron chi connectivity index (χ2n) is 4.52. The van der Waals surface area contributed by atoms with Crippen LogP contribution in [0.5, 0.6) is 0 Å². The second kappa shape index (κ2) is 5.89. The van der Waals surface area contributed by atoms with Crippen molar-refractivity contribution in [2.45, 2.75) is 25.3 Å². The molecule has 0 radical (unpaired) electrons. The van der Waals surface area contributed by atoms with Gasteiger partial charge in [0.15, 0.2) is 0 Å². The summed E-state index contributed by atoms with van der Waals surface area (Å²) in [4.78, 5) is 12.0. The molecule has 2 rings (SSSR count). The van der Waals surface area contributed by atoms with E-state index in [2.05, 4.69) is 5.32 Å². The van der Waals surface area contributed by atoms with Gasteiger partial charge < -0.3 is 5.32 Å². The average molecular weight is 290 g/mol. The molecule has 0 aromatic heterocycles. The van der Waals surface area contributed by atoms with Crippen LogP contribution in [0.2, 0.25) is 5.02 Å². The Hall–Kier alpha value is -0.800. The van der Waals surface area contributed by atoms with Crippen molar-refractivity contribution >= 4 is 29.1 Å². The Morgan fingerprint density at radius 1 is 1.44 bits per heavy atom. The Morgan fingerprint density at radius 3 is 2.89 bits per heavy atom. The average Bonchev–Trinajstić information content (AvgIpc) is 2.76. The van der Waals surface area contributed by atoms with Crippen LogP contribution in [-0.2, 0) is 0 Å². The lowest BCUT2D eigenvalue weighted by Crippen LogP contribution is -2.38. The third-order valence-corrected chi connectivity index (χ3v) is 4.07. The third-order valence-electron chi connectivity index (χ3n) is 3.36. The maximum Gasteiger partial charge on any atom is 0.256 e. The maximum absolute atomic E-state index is 13.6. The highest BCUT2D eigenvalue weighted by atomic mass is 35.5. The highest BCUT2D eigenvalue weighted by molar-refractivity contribution is 6.33. The van der Waals surface area contributed by atoms with Crippen molar-refractivity contribution in [2.24, 2.45) is 5.92 Å². The van der Waals surface area contributed by atoms with E-state index in [1.54, 1.807) is 0 Å². The minimum Gasteiger partial charge on any atom is -0.349 e. The molecule has 0 bridgehead atoms. The van der Waals surface area contributed by atoms with Gasteiger partial charge in [0.2, 0.25) is 0 Å². The van der Waals surface area contributed by atoms with Crippen molar-refractivity contribution in [3.8, 4) is 0 Å². The van der Waals surface area contributed by atoms with E-state index in [0.29, 0.717) is 5.88 Å². The first-order valence-electron chi connectivity index (χ1n) is 5.94. The number of halogens is 3. The normalized spacial score (nSPS) is 23.1. The Balaban J connectivity index is 2.12. The Bertz CT molecular complexity index is 432. The van der Waals surface area contributed by atoms with E-state index < -0.39 is 11.7 Å². The molecule has 1 fully saturated rings. The lowest BCUT2D eigenvalue weighted by Gasteiger charge is -2.19. The van der Waals surface area contributed by atoms with Gasteiger partial charge in [-0.05, 0) is 30.9 Å². The lowest BCUT2D eigenvalue weighted by atomic mass is 10.1. The summed E-state index contributed by atoms with van der Waals surface area (Å²) in [6.07, 6.45) is 2.92. The minimum atomic E-state index is -0.597. The highest BCUT2D eigenvalue weighted by Gasteiger charge is 2.29. The van der Waals surface area contributed by atoms with E-state index in [-0.39, 0.29) is 22.5 Å². The topological polar surface area (TPSA) is 29.1 Å². The Morgan fingerprint density at radius 2 is 2.22 bits per heavy atom. The third kappa shape index (κ3) is 2.78.